The van der Waals surface area contributed by atoms with Gasteiger partial charge in [-0.2, -0.15) is 18.3 Å². The lowest BCUT2D eigenvalue weighted by molar-refractivity contribution is -0.156. The predicted molar refractivity (Wildman–Crippen MR) is 43.9 cm³/mol. The first-order valence-electron chi connectivity index (χ1n) is 3.56. The van der Waals surface area contributed by atoms with Crippen molar-refractivity contribution in [3.8, 4) is 0 Å². The lowest BCUT2D eigenvalue weighted by Crippen LogP contribution is -2.18. The molecule has 0 N–H and O–H groups in total. The summed E-state index contributed by atoms with van der Waals surface area (Å²) >= 11 is 0. The second-order valence-corrected chi connectivity index (χ2v) is 2.57. The zero-order valence-corrected chi connectivity index (χ0v) is 7.64. The number of nitrogens with zero attached hydrogens (tertiary/aromatic N) is 2. The monoisotopic (exact) mass is 196 g/mol. The molecule has 0 aromatic rings. The van der Waals surface area contributed by atoms with Gasteiger partial charge in [0.1, 0.15) is 0 Å². The molecule has 0 aliphatic rings. The maximum Gasteiger partial charge on any atom is 0.422 e. The predicted octanol–water partition coefficient (Wildman–Crippen LogP) is 2.38. The molecule has 0 saturated heterocycles. The summed E-state index contributed by atoms with van der Waals surface area (Å²) in [6.45, 7) is 3.35. The quantitative estimate of drug-likeness (QED) is 0.379. The first kappa shape index (κ1) is 11.9. The lowest BCUT2D eigenvalue weighted by atomic mass is 10.5. The number of hydrogen-bond acceptors (Lipinski definition) is 3. The van der Waals surface area contributed by atoms with Gasteiger partial charge in [0, 0.05) is 12.6 Å². The summed E-state index contributed by atoms with van der Waals surface area (Å²) in [6.07, 6.45) is -4.33. The van der Waals surface area contributed by atoms with Crippen molar-refractivity contribution in [2.24, 2.45) is 10.2 Å². The van der Waals surface area contributed by atoms with Gasteiger partial charge in [-0.05, 0) is 13.8 Å². The lowest BCUT2D eigenvalue weighted by Gasteiger charge is -2.06. The van der Waals surface area contributed by atoms with Crippen LogP contribution in [0.3, 0.4) is 0 Å². The highest BCUT2D eigenvalue weighted by atomic mass is 19.4. The van der Waals surface area contributed by atoms with Gasteiger partial charge in [-0.15, -0.1) is 5.10 Å². The van der Waals surface area contributed by atoms with Gasteiger partial charge >= 0.3 is 6.18 Å². The van der Waals surface area contributed by atoms with Gasteiger partial charge in [-0.3, -0.25) is 0 Å². The van der Waals surface area contributed by atoms with Crippen molar-refractivity contribution < 1.29 is 17.9 Å². The third-order valence-electron chi connectivity index (χ3n) is 0.836. The van der Waals surface area contributed by atoms with Crippen molar-refractivity contribution in [2.75, 3.05) is 6.61 Å². The Morgan fingerprint density at radius 1 is 1.15 bits per heavy atom. The average Bonchev–Trinajstić information content (AvgIpc) is 1.95. The van der Waals surface area contributed by atoms with E-state index >= 15 is 0 Å². The Hall–Kier alpha value is -1.07. The van der Waals surface area contributed by atoms with Crippen molar-refractivity contribution in [2.45, 2.75) is 26.9 Å². The Morgan fingerprint density at radius 2 is 1.69 bits per heavy atom. The first-order valence-corrected chi connectivity index (χ1v) is 3.56. The van der Waals surface area contributed by atoms with Crippen LogP contribution >= 0.6 is 0 Å². The van der Waals surface area contributed by atoms with Gasteiger partial charge in [0.15, 0.2) is 6.61 Å². The van der Waals surface area contributed by atoms with Crippen LogP contribution in [0.25, 0.3) is 0 Å². The first-order chi connectivity index (χ1) is 5.81. The third-order valence-corrected chi connectivity index (χ3v) is 0.836. The van der Waals surface area contributed by atoms with Crippen LogP contribution in [-0.2, 0) is 4.74 Å². The van der Waals surface area contributed by atoms with Gasteiger partial charge in [-0.1, -0.05) is 0 Å². The van der Waals surface area contributed by atoms with Gasteiger partial charge in [0.2, 0.25) is 5.90 Å². The molecule has 0 amide bonds. The summed E-state index contributed by atoms with van der Waals surface area (Å²) in [7, 11) is 0. The summed E-state index contributed by atoms with van der Waals surface area (Å²) in [6, 6.07) is 0. The van der Waals surface area contributed by atoms with E-state index in [1.54, 1.807) is 13.8 Å². The van der Waals surface area contributed by atoms with Gasteiger partial charge in [0.05, 0.1) is 0 Å². The summed E-state index contributed by atoms with van der Waals surface area (Å²) in [5.74, 6) is -0.0986. The highest BCUT2D eigenvalue weighted by Gasteiger charge is 2.28. The zero-order valence-electron chi connectivity index (χ0n) is 7.64. The number of ether oxygens (including phenoxy) is 1. The van der Waals surface area contributed by atoms with Crippen LogP contribution in [-0.4, -0.2) is 24.4 Å². The Kier molecular flexibility index (Phi) is 4.44. The van der Waals surface area contributed by atoms with Crippen LogP contribution in [0.1, 0.15) is 20.8 Å². The summed E-state index contributed by atoms with van der Waals surface area (Å²) in [5.41, 5.74) is 0.648. The second kappa shape index (κ2) is 4.84. The molecule has 0 bridgehead atoms. The molecule has 0 aromatic carbocycles. The van der Waals surface area contributed by atoms with Crippen molar-refractivity contribution in [1.29, 1.82) is 0 Å². The van der Waals surface area contributed by atoms with Crippen molar-refractivity contribution in [3.05, 3.63) is 0 Å². The van der Waals surface area contributed by atoms with Crippen LogP contribution in [0, 0.1) is 0 Å². The Balaban J connectivity index is 3.95. The summed E-state index contributed by atoms with van der Waals surface area (Å²) < 4.78 is 39.1. The number of rotatable bonds is 2. The number of halogens is 3. The molecule has 13 heavy (non-hydrogen) atoms. The van der Waals surface area contributed by atoms with E-state index in [2.05, 4.69) is 14.9 Å². The highest BCUT2D eigenvalue weighted by molar-refractivity contribution is 5.80. The Labute approximate surface area is 74.3 Å². The molecule has 0 rings (SSSR count). The summed E-state index contributed by atoms with van der Waals surface area (Å²) in [5, 5.41) is 6.95. The molecule has 6 heteroatoms. The minimum Gasteiger partial charge on any atom is -0.470 e. The molecule has 0 radical (unpaired) electrons. The minimum absolute atomic E-state index is 0.0986. The fraction of sp³-hybridized carbons (Fsp3) is 0.714. The third kappa shape index (κ3) is 8.84. The Morgan fingerprint density at radius 3 is 2.08 bits per heavy atom. The standard InChI is InChI=1S/C7H11F3N2O/c1-5(2)11-12-6(3)13-4-7(8,9)10/h4H2,1-3H3/b12-6+. The van der Waals surface area contributed by atoms with Crippen molar-refractivity contribution in [1.82, 2.24) is 0 Å². The molecule has 3 nitrogen and oxygen atoms in total. The van der Waals surface area contributed by atoms with E-state index in [0.717, 1.165) is 0 Å². The molecule has 0 aliphatic carbocycles. The molecule has 0 unspecified atom stereocenters. The molecule has 0 aromatic heterocycles. The minimum atomic E-state index is -4.33. The number of alkyl halides is 3. The molecule has 0 fully saturated rings. The fourth-order valence-corrected chi connectivity index (χ4v) is 0.386. The Bertz CT molecular complexity index is 216. The van der Waals surface area contributed by atoms with E-state index in [-0.39, 0.29) is 5.90 Å². The van der Waals surface area contributed by atoms with E-state index in [4.69, 9.17) is 0 Å². The molecular weight excluding hydrogens is 185 g/mol. The molecule has 0 spiro atoms. The topological polar surface area (TPSA) is 34.0 Å². The van der Waals surface area contributed by atoms with E-state index in [0.29, 0.717) is 5.71 Å². The molecule has 0 atom stereocenters. The zero-order chi connectivity index (χ0) is 10.5. The molecule has 0 heterocycles. The maximum atomic E-state index is 11.6. The van der Waals surface area contributed by atoms with Crippen LogP contribution in [0.2, 0.25) is 0 Å². The largest absolute Gasteiger partial charge is 0.470 e. The molecule has 0 aliphatic heterocycles. The smallest absolute Gasteiger partial charge is 0.422 e. The van der Waals surface area contributed by atoms with Gasteiger partial charge in [-0.25, -0.2) is 0 Å². The summed E-state index contributed by atoms with van der Waals surface area (Å²) in [4.78, 5) is 0. The van der Waals surface area contributed by atoms with E-state index < -0.39 is 12.8 Å². The average molecular weight is 196 g/mol. The van der Waals surface area contributed by atoms with Crippen LogP contribution in [0.4, 0.5) is 13.2 Å². The van der Waals surface area contributed by atoms with E-state index in [1.165, 1.54) is 6.92 Å². The van der Waals surface area contributed by atoms with Gasteiger partial charge < -0.3 is 4.74 Å². The molecular formula is C7H11F3N2O. The van der Waals surface area contributed by atoms with Crippen molar-refractivity contribution >= 4 is 11.6 Å². The fourth-order valence-electron chi connectivity index (χ4n) is 0.386. The van der Waals surface area contributed by atoms with Crippen LogP contribution in [0.5, 0.6) is 0 Å². The second-order valence-electron chi connectivity index (χ2n) is 2.57. The van der Waals surface area contributed by atoms with Crippen molar-refractivity contribution in [3.63, 3.8) is 0 Å². The number of hydrogen-bond donors (Lipinski definition) is 0. The maximum absolute atomic E-state index is 11.6. The van der Waals surface area contributed by atoms with Crippen LogP contribution < -0.4 is 0 Å². The van der Waals surface area contributed by atoms with Gasteiger partial charge in [0.25, 0.3) is 0 Å². The normalized spacial score (nSPS) is 12.6. The SMILES string of the molecule is CC(C)=N/N=C(\C)OCC(F)(F)F. The molecule has 76 valence electrons. The highest BCUT2D eigenvalue weighted by Crippen LogP contribution is 2.14. The van der Waals surface area contributed by atoms with E-state index in [9.17, 15) is 13.2 Å². The van der Waals surface area contributed by atoms with E-state index in [1.807, 2.05) is 0 Å². The molecule has 0 saturated carbocycles. The van der Waals surface area contributed by atoms with Crippen LogP contribution in [0.15, 0.2) is 10.2 Å².